The van der Waals surface area contributed by atoms with E-state index in [0.717, 1.165) is 18.4 Å². The highest BCUT2D eigenvalue weighted by Crippen LogP contribution is 2.43. The van der Waals surface area contributed by atoms with Crippen molar-refractivity contribution in [1.82, 2.24) is 0 Å². The van der Waals surface area contributed by atoms with E-state index in [-0.39, 0.29) is 0 Å². The number of benzene rings is 2. The van der Waals surface area contributed by atoms with Crippen LogP contribution in [0, 0.1) is 11.8 Å². The lowest BCUT2D eigenvalue weighted by Gasteiger charge is -2.26. The Bertz CT molecular complexity index is 1210. The average Bonchev–Trinajstić information content (AvgIpc) is 3.31. The van der Waals surface area contributed by atoms with Crippen molar-refractivity contribution in [3.63, 3.8) is 0 Å². The first-order chi connectivity index (χ1) is 16.0. The van der Waals surface area contributed by atoms with Gasteiger partial charge < -0.3 is 5.11 Å². The Kier molecular flexibility index (Phi) is 7.10. The highest BCUT2D eigenvalue weighted by Gasteiger charge is 2.27. The van der Waals surface area contributed by atoms with Crippen LogP contribution in [-0.2, 0) is 11.2 Å². The fraction of sp³-hybridized carbons (Fsp3) is 0.233. The predicted octanol–water partition coefficient (Wildman–Crippen LogP) is 8.08. The Morgan fingerprint density at radius 3 is 2.48 bits per heavy atom. The molecule has 0 radical (unpaired) electrons. The van der Waals surface area contributed by atoms with Gasteiger partial charge in [0.15, 0.2) is 0 Å². The maximum Gasteiger partial charge on any atom is 0.328 e. The highest BCUT2D eigenvalue weighted by atomic mass is 32.1. The van der Waals surface area contributed by atoms with Crippen LogP contribution in [0.5, 0.6) is 0 Å². The molecule has 1 heterocycles. The monoisotopic (exact) mass is 454 g/mol. The molecule has 2 nitrogen and oxygen atoms in total. The summed E-state index contributed by atoms with van der Waals surface area (Å²) in [7, 11) is 0. The van der Waals surface area contributed by atoms with Gasteiger partial charge in [0.05, 0.1) is 0 Å². The quantitative estimate of drug-likeness (QED) is 0.382. The molecule has 168 valence electrons. The van der Waals surface area contributed by atoms with E-state index in [4.69, 9.17) is 5.11 Å². The number of carboxylic acid groups (broad SMARTS) is 1. The second-order valence-corrected chi connectivity index (χ2v) is 9.69. The van der Waals surface area contributed by atoms with Gasteiger partial charge in [0.1, 0.15) is 0 Å². The number of carboxylic acids is 1. The zero-order valence-corrected chi connectivity index (χ0v) is 20.2. The van der Waals surface area contributed by atoms with Crippen molar-refractivity contribution in [2.24, 2.45) is 11.8 Å². The minimum atomic E-state index is -0.935. The maximum absolute atomic E-state index is 10.9. The first-order valence-corrected chi connectivity index (χ1v) is 12.4. The van der Waals surface area contributed by atoms with E-state index in [9.17, 15) is 4.79 Å². The molecule has 1 aliphatic rings. The molecule has 0 saturated carbocycles. The van der Waals surface area contributed by atoms with E-state index in [1.165, 1.54) is 44.4 Å². The molecule has 0 bridgehead atoms. The number of hydrogen-bond acceptors (Lipinski definition) is 2. The molecule has 3 heteroatoms. The van der Waals surface area contributed by atoms with Crippen LogP contribution >= 0.6 is 11.3 Å². The number of fused-ring (bicyclic) bond motifs is 1. The fourth-order valence-electron chi connectivity index (χ4n) is 4.66. The second kappa shape index (κ2) is 10.2. The van der Waals surface area contributed by atoms with Gasteiger partial charge in [0.2, 0.25) is 0 Å². The molecule has 1 aromatic heterocycles. The van der Waals surface area contributed by atoms with Crippen LogP contribution < -0.4 is 0 Å². The van der Waals surface area contributed by atoms with E-state index in [2.05, 4.69) is 80.8 Å². The summed E-state index contributed by atoms with van der Waals surface area (Å²) in [6, 6.07) is 21.4. The van der Waals surface area contributed by atoms with E-state index >= 15 is 0 Å². The number of thiophene rings is 1. The van der Waals surface area contributed by atoms with Crippen molar-refractivity contribution in [2.45, 2.75) is 33.6 Å². The summed E-state index contributed by atoms with van der Waals surface area (Å²) in [5.74, 6) is -0.00896. The molecule has 0 aliphatic heterocycles. The van der Waals surface area contributed by atoms with Gasteiger partial charge in [-0.1, -0.05) is 81.4 Å². The summed E-state index contributed by atoms with van der Waals surface area (Å²) in [6.45, 7) is 6.95. The molecule has 1 N–H and O–H groups in total. The summed E-state index contributed by atoms with van der Waals surface area (Å²) in [5.41, 5.74) is 8.84. The average molecular weight is 455 g/mol. The number of rotatable bonds is 6. The van der Waals surface area contributed by atoms with Gasteiger partial charge >= 0.3 is 5.97 Å². The SMILES string of the molecule is CC/C(=C(\C1=Cc2ccccc2CC(C)C1C)c1ccc(/C=C/C(=O)O)cc1)c1cccs1. The van der Waals surface area contributed by atoms with Crippen LogP contribution in [-0.4, -0.2) is 11.1 Å². The van der Waals surface area contributed by atoms with E-state index in [0.29, 0.717) is 11.8 Å². The van der Waals surface area contributed by atoms with Gasteiger partial charge in [-0.2, -0.15) is 0 Å². The molecule has 33 heavy (non-hydrogen) atoms. The topological polar surface area (TPSA) is 37.3 Å². The Balaban J connectivity index is 1.92. The third-order valence-electron chi connectivity index (χ3n) is 6.63. The van der Waals surface area contributed by atoms with Crippen molar-refractivity contribution in [1.29, 1.82) is 0 Å². The standard InChI is InChI=1S/C30H30O2S/c1-4-26(28-10-7-17-33-28)30(23-14-11-22(12-15-23)13-16-29(31)32)27-19-25-9-6-5-8-24(25)18-20(2)21(27)3/h5-17,19-21H,4,18H2,1-3H3,(H,31,32)/b16-13+,30-26+. The van der Waals surface area contributed by atoms with Crippen molar-refractivity contribution in [3.8, 4) is 0 Å². The van der Waals surface area contributed by atoms with Crippen LogP contribution in [0.15, 0.2) is 77.7 Å². The summed E-state index contributed by atoms with van der Waals surface area (Å²) >= 11 is 1.79. The first-order valence-electron chi connectivity index (χ1n) is 11.6. The van der Waals surface area contributed by atoms with Gasteiger partial charge in [-0.3, -0.25) is 0 Å². The van der Waals surface area contributed by atoms with Crippen molar-refractivity contribution < 1.29 is 9.90 Å². The van der Waals surface area contributed by atoms with Crippen LogP contribution in [0.4, 0.5) is 0 Å². The van der Waals surface area contributed by atoms with Crippen molar-refractivity contribution in [3.05, 3.63) is 105 Å². The summed E-state index contributed by atoms with van der Waals surface area (Å²) in [6.07, 6.45) is 7.24. The van der Waals surface area contributed by atoms with Gasteiger partial charge in [-0.05, 0) is 81.2 Å². The zero-order chi connectivity index (χ0) is 23.4. The molecule has 1 aliphatic carbocycles. The molecule has 2 aromatic carbocycles. The lowest BCUT2D eigenvalue weighted by molar-refractivity contribution is -0.131. The van der Waals surface area contributed by atoms with E-state index in [1.807, 2.05) is 12.1 Å². The molecule has 0 saturated heterocycles. The number of aliphatic carboxylic acids is 1. The third-order valence-corrected chi connectivity index (χ3v) is 7.56. The molecule has 0 fully saturated rings. The van der Waals surface area contributed by atoms with Crippen molar-refractivity contribution >= 4 is 40.6 Å². The number of allylic oxidation sites excluding steroid dienone is 3. The van der Waals surface area contributed by atoms with E-state index in [1.54, 1.807) is 17.4 Å². The first kappa shape index (κ1) is 23.0. The molecular weight excluding hydrogens is 424 g/mol. The normalized spacial score (nSPS) is 18.9. The van der Waals surface area contributed by atoms with Crippen LogP contribution in [0.3, 0.4) is 0 Å². The summed E-state index contributed by atoms with van der Waals surface area (Å²) in [5, 5.41) is 11.1. The van der Waals surface area contributed by atoms with Crippen LogP contribution in [0.25, 0.3) is 23.3 Å². The Morgan fingerprint density at radius 2 is 1.82 bits per heavy atom. The minimum Gasteiger partial charge on any atom is -0.478 e. The molecule has 4 rings (SSSR count). The number of carbonyl (C=O) groups is 1. The van der Waals surface area contributed by atoms with Crippen molar-refractivity contribution in [2.75, 3.05) is 0 Å². The predicted molar refractivity (Wildman–Crippen MR) is 141 cm³/mol. The van der Waals surface area contributed by atoms with Crippen LogP contribution in [0.1, 0.15) is 54.3 Å². The second-order valence-electron chi connectivity index (χ2n) is 8.75. The maximum atomic E-state index is 10.9. The van der Waals surface area contributed by atoms with Crippen LogP contribution in [0.2, 0.25) is 0 Å². The van der Waals surface area contributed by atoms with E-state index < -0.39 is 5.97 Å². The van der Waals surface area contributed by atoms with Gasteiger partial charge in [-0.15, -0.1) is 11.3 Å². The Morgan fingerprint density at radius 1 is 1.06 bits per heavy atom. The molecule has 3 aromatic rings. The molecule has 2 unspecified atom stereocenters. The lowest BCUT2D eigenvalue weighted by atomic mass is 9.79. The smallest absolute Gasteiger partial charge is 0.328 e. The van der Waals surface area contributed by atoms with Gasteiger partial charge in [-0.25, -0.2) is 4.79 Å². The summed E-state index contributed by atoms with van der Waals surface area (Å²) in [4.78, 5) is 12.2. The Labute approximate surface area is 200 Å². The lowest BCUT2D eigenvalue weighted by Crippen LogP contribution is -2.13. The van der Waals surface area contributed by atoms with Gasteiger partial charge in [0, 0.05) is 11.0 Å². The molecule has 2 atom stereocenters. The highest BCUT2D eigenvalue weighted by molar-refractivity contribution is 7.11. The number of hydrogen-bond donors (Lipinski definition) is 1. The summed E-state index contributed by atoms with van der Waals surface area (Å²) < 4.78 is 0. The zero-order valence-electron chi connectivity index (χ0n) is 19.4. The Hall–Kier alpha value is -3.17. The minimum absolute atomic E-state index is 0.403. The molecule has 0 amide bonds. The fourth-order valence-corrected chi connectivity index (χ4v) is 5.51. The third kappa shape index (κ3) is 5.09. The largest absolute Gasteiger partial charge is 0.478 e. The molecule has 0 spiro atoms. The van der Waals surface area contributed by atoms with Gasteiger partial charge in [0.25, 0.3) is 0 Å². The molecular formula is C30H30O2S.